The minimum absolute atomic E-state index is 0.0818. The standard InChI is InChI=1S/C19H21NO4S/c21-18(22)19(13-5-2-6-14-19)20-25(23,24)17-11-9-16(10-12-17)15-7-3-1-4-8-15/h1,3-4,7-12,20H,2,5-6,13-14H2,(H,21,22). The number of rotatable bonds is 5. The first-order valence-corrected chi connectivity index (χ1v) is 9.84. The van der Waals surface area contributed by atoms with Crippen LogP contribution in [0.4, 0.5) is 0 Å². The Morgan fingerprint density at radius 2 is 1.44 bits per heavy atom. The molecule has 1 fully saturated rings. The molecule has 0 heterocycles. The first-order valence-electron chi connectivity index (χ1n) is 8.36. The molecule has 0 aromatic heterocycles. The van der Waals surface area contributed by atoms with Crippen LogP contribution < -0.4 is 4.72 Å². The van der Waals surface area contributed by atoms with Gasteiger partial charge in [-0.1, -0.05) is 61.7 Å². The molecule has 25 heavy (non-hydrogen) atoms. The zero-order valence-electron chi connectivity index (χ0n) is 13.8. The fourth-order valence-electron chi connectivity index (χ4n) is 3.29. The van der Waals surface area contributed by atoms with Crippen LogP contribution in [0.5, 0.6) is 0 Å². The van der Waals surface area contributed by atoms with Crippen molar-refractivity contribution in [1.29, 1.82) is 0 Å². The summed E-state index contributed by atoms with van der Waals surface area (Å²) in [7, 11) is -3.89. The molecule has 0 bridgehead atoms. The molecule has 1 aliphatic rings. The molecular weight excluding hydrogens is 338 g/mol. The van der Waals surface area contributed by atoms with Crippen molar-refractivity contribution in [3.05, 3.63) is 54.6 Å². The number of carboxylic acid groups (broad SMARTS) is 1. The SMILES string of the molecule is O=C(O)C1(NS(=O)(=O)c2ccc(-c3ccccc3)cc2)CCCCC1. The second-order valence-electron chi connectivity index (χ2n) is 6.44. The highest BCUT2D eigenvalue weighted by atomic mass is 32.2. The van der Waals surface area contributed by atoms with Crippen LogP contribution in [-0.2, 0) is 14.8 Å². The van der Waals surface area contributed by atoms with E-state index in [9.17, 15) is 18.3 Å². The summed E-state index contributed by atoms with van der Waals surface area (Å²) < 4.78 is 27.8. The third-order valence-electron chi connectivity index (χ3n) is 4.72. The number of benzene rings is 2. The lowest BCUT2D eigenvalue weighted by atomic mass is 9.83. The minimum Gasteiger partial charge on any atom is -0.480 e. The quantitative estimate of drug-likeness (QED) is 0.857. The average molecular weight is 359 g/mol. The van der Waals surface area contributed by atoms with Crippen molar-refractivity contribution in [3.63, 3.8) is 0 Å². The van der Waals surface area contributed by atoms with Crippen molar-refractivity contribution in [2.45, 2.75) is 42.5 Å². The van der Waals surface area contributed by atoms with Gasteiger partial charge in [-0.2, -0.15) is 4.72 Å². The molecule has 6 heteroatoms. The highest BCUT2D eigenvalue weighted by molar-refractivity contribution is 7.89. The highest BCUT2D eigenvalue weighted by Gasteiger charge is 2.43. The Labute approximate surface area is 147 Å². The number of carboxylic acids is 1. The van der Waals surface area contributed by atoms with E-state index in [4.69, 9.17) is 0 Å². The van der Waals surface area contributed by atoms with Crippen LogP contribution in [0, 0.1) is 0 Å². The Balaban J connectivity index is 1.86. The number of hydrogen-bond donors (Lipinski definition) is 2. The van der Waals surface area contributed by atoms with Crippen LogP contribution in [0.25, 0.3) is 11.1 Å². The maximum absolute atomic E-state index is 12.7. The Morgan fingerprint density at radius 3 is 2.00 bits per heavy atom. The van der Waals surface area contributed by atoms with Crippen molar-refractivity contribution >= 4 is 16.0 Å². The van der Waals surface area contributed by atoms with Crippen LogP contribution >= 0.6 is 0 Å². The van der Waals surface area contributed by atoms with Crippen LogP contribution in [-0.4, -0.2) is 25.0 Å². The van der Waals surface area contributed by atoms with Crippen LogP contribution in [0.3, 0.4) is 0 Å². The van der Waals surface area contributed by atoms with Gasteiger partial charge in [0.1, 0.15) is 5.54 Å². The van der Waals surface area contributed by atoms with E-state index in [0.29, 0.717) is 25.7 Å². The average Bonchev–Trinajstić information content (AvgIpc) is 2.63. The van der Waals surface area contributed by atoms with Crippen molar-refractivity contribution in [3.8, 4) is 11.1 Å². The van der Waals surface area contributed by atoms with E-state index < -0.39 is 21.5 Å². The highest BCUT2D eigenvalue weighted by Crippen LogP contribution is 2.30. The lowest BCUT2D eigenvalue weighted by Crippen LogP contribution is -2.55. The van der Waals surface area contributed by atoms with Gasteiger partial charge in [0.25, 0.3) is 0 Å². The van der Waals surface area contributed by atoms with Crippen molar-refractivity contribution in [2.75, 3.05) is 0 Å². The molecule has 0 amide bonds. The van der Waals surface area contributed by atoms with Crippen molar-refractivity contribution in [2.24, 2.45) is 0 Å². The predicted octanol–water partition coefficient (Wildman–Crippen LogP) is 3.42. The maximum Gasteiger partial charge on any atom is 0.324 e. The molecule has 0 radical (unpaired) electrons. The molecular formula is C19H21NO4S. The molecule has 0 aliphatic heterocycles. The van der Waals surface area contributed by atoms with Gasteiger partial charge in [-0.3, -0.25) is 4.79 Å². The Morgan fingerprint density at radius 1 is 0.880 bits per heavy atom. The molecule has 2 aromatic rings. The van der Waals surface area contributed by atoms with Gasteiger partial charge < -0.3 is 5.11 Å². The normalized spacial score (nSPS) is 17.1. The summed E-state index contributed by atoms with van der Waals surface area (Å²) in [6.07, 6.45) is 3.00. The topological polar surface area (TPSA) is 83.5 Å². The van der Waals surface area contributed by atoms with E-state index in [1.165, 1.54) is 12.1 Å². The fourth-order valence-corrected chi connectivity index (χ4v) is 4.71. The molecule has 3 rings (SSSR count). The van der Waals surface area contributed by atoms with E-state index in [1.54, 1.807) is 12.1 Å². The zero-order valence-corrected chi connectivity index (χ0v) is 14.6. The molecule has 0 unspecified atom stereocenters. The molecule has 1 saturated carbocycles. The molecule has 5 nitrogen and oxygen atoms in total. The van der Waals surface area contributed by atoms with E-state index in [1.807, 2.05) is 30.3 Å². The van der Waals surface area contributed by atoms with Gasteiger partial charge in [0, 0.05) is 0 Å². The molecule has 2 N–H and O–H groups in total. The zero-order chi connectivity index (χ0) is 17.9. The molecule has 2 aromatic carbocycles. The first-order chi connectivity index (χ1) is 11.9. The summed E-state index contributed by atoms with van der Waals surface area (Å²) in [4.78, 5) is 11.8. The predicted molar refractivity (Wildman–Crippen MR) is 95.7 cm³/mol. The van der Waals surface area contributed by atoms with Crippen LogP contribution in [0.15, 0.2) is 59.5 Å². The van der Waals surface area contributed by atoms with Gasteiger partial charge in [0.05, 0.1) is 4.90 Å². The summed E-state index contributed by atoms with van der Waals surface area (Å²) in [5.41, 5.74) is 0.508. The molecule has 132 valence electrons. The third-order valence-corrected chi connectivity index (χ3v) is 6.27. The van der Waals surface area contributed by atoms with E-state index in [-0.39, 0.29) is 4.90 Å². The Bertz CT molecular complexity index is 839. The smallest absolute Gasteiger partial charge is 0.324 e. The summed E-state index contributed by atoms with van der Waals surface area (Å²) >= 11 is 0. The second kappa shape index (κ2) is 6.98. The van der Waals surface area contributed by atoms with Gasteiger partial charge in [-0.25, -0.2) is 8.42 Å². The molecule has 0 spiro atoms. The van der Waals surface area contributed by atoms with E-state index >= 15 is 0 Å². The number of nitrogens with one attached hydrogen (secondary N) is 1. The third kappa shape index (κ3) is 3.75. The Hall–Kier alpha value is -2.18. The fraction of sp³-hybridized carbons (Fsp3) is 0.316. The first kappa shape index (κ1) is 17.6. The molecule has 0 saturated heterocycles. The lowest BCUT2D eigenvalue weighted by Gasteiger charge is -2.33. The van der Waals surface area contributed by atoms with Crippen LogP contribution in [0.1, 0.15) is 32.1 Å². The van der Waals surface area contributed by atoms with E-state index in [0.717, 1.165) is 17.5 Å². The van der Waals surface area contributed by atoms with Gasteiger partial charge in [0.2, 0.25) is 10.0 Å². The second-order valence-corrected chi connectivity index (χ2v) is 8.13. The number of carbonyl (C=O) groups is 1. The number of aliphatic carboxylic acids is 1. The van der Waals surface area contributed by atoms with Gasteiger partial charge in [0.15, 0.2) is 0 Å². The largest absolute Gasteiger partial charge is 0.480 e. The lowest BCUT2D eigenvalue weighted by molar-refractivity contribution is -0.145. The van der Waals surface area contributed by atoms with Gasteiger partial charge >= 0.3 is 5.97 Å². The minimum atomic E-state index is -3.89. The number of hydrogen-bond acceptors (Lipinski definition) is 3. The van der Waals surface area contributed by atoms with Crippen LogP contribution in [0.2, 0.25) is 0 Å². The summed E-state index contributed by atoms with van der Waals surface area (Å²) in [6, 6.07) is 16.2. The summed E-state index contributed by atoms with van der Waals surface area (Å²) in [5, 5.41) is 9.56. The van der Waals surface area contributed by atoms with Gasteiger partial charge in [-0.15, -0.1) is 0 Å². The van der Waals surface area contributed by atoms with Crippen molar-refractivity contribution < 1.29 is 18.3 Å². The Kier molecular flexibility index (Phi) is 4.92. The van der Waals surface area contributed by atoms with Crippen molar-refractivity contribution in [1.82, 2.24) is 4.72 Å². The summed E-state index contributed by atoms with van der Waals surface area (Å²) in [5.74, 6) is -1.10. The molecule has 1 aliphatic carbocycles. The van der Waals surface area contributed by atoms with E-state index in [2.05, 4.69) is 4.72 Å². The number of sulfonamides is 1. The molecule has 0 atom stereocenters. The maximum atomic E-state index is 12.7. The van der Waals surface area contributed by atoms with Gasteiger partial charge in [-0.05, 0) is 36.1 Å². The monoisotopic (exact) mass is 359 g/mol. The summed E-state index contributed by atoms with van der Waals surface area (Å²) in [6.45, 7) is 0.